The molecule has 2 aliphatic carbocycles. The van der Waals surface area contributed by atoms with E-state index in [1.54, 1.807) is 6.07 Å². The van der Waals surface area contributed by atoms with Gasteiger partial charge < -0.3 is 14.5 Å². The molecule has 28 heavy (non-hydrogen) atoms. The van der Waals surface area contributed by atoms with Gasteiger partial charge in [0.15, 0.2) is 11.5 Å². The largest absolute Gasteiger partial charge is 0.392 e. The number of rotatable bonds is 5. The second kappa shape index (κ2) is 8.91. The Morgan fingerprint density at radius 2 is 1.54 bits per heavy atom. The zero-order valence-electron chi connectivity index (χ0n) is 16.5. The predicted octanol–water partition coefficient (Wildman–Crippen LogP) is 4.94. The van der Waals surface area contributed by atoms with Crippen LogP contribution in [0.25, 0.3) is 11.3 Å². The van der Waals surface area contributed by atoms with Gasteiger partial charge in [-0.2, -0.15) is 0 Å². The van der Waals surface area contributed by atoms with Crippen molar-refractivity contribution in [3.05, 3.63) is 41.6 Å². The number of hydrogen-bond acceptors (Lipinski definition) is 4. The van der Waals surface area contributed by atoms with Crippen molar-refractivity contribution in [2.24, 2.45) is 0 Å². The molecule has 2 aliphatic rings. The molecule has 2 fully saturated rings. The Balaban J connectivity index is 1.56. The standard InChI is InChI=1S/C23H30N2O3/c26-16-17-11-13-18(14-12-17)22-15-21(24-28-22)23(27)25(19-7-3-1-4-8-19)20-9-5-2-6-10-20/h11-15,19-20,26H,1-10,16H2. The number of carbonyl (C=O) groups excluding carboxylic acids is 1. The highest BCUT2D eigenvalue weighted by Crippen LogP contribution is 2.32. The molecule has 4 rings (SSSR count). The van der Waals surface area contributed by atoms with Crippen molar-refractivity contribution >= 4 is 5.91 Å². The van der Waals surface area contributed by atoms with Crippen LogP contribution in [-0.2, 0) is 6.61 Å². The highest BCUT2D eigenvalue weighted by atomic mass is 16.5. The van der Waals surface area contributed by atoms with Crippen LogP contribution in [0.5, 0.6) is 0 Å². The highest BCUT2D eigenvalue weighted by Gasteiger charge is 2.34. The topological polar surface area (TPSA) is 66.6 Å². The molecule has 0 radical (unpaired) electrons. The molecule has 0 unspecified atom stereocenters. The third-order valence-electron chi connectivity index (χ3n) is 6.32. The molecular weight excluding hydrogens is 352 g/mol. The van der Waals surface area contributed by atoms with Gasteiger partial charge in [0.25, 0.3) is 5.91 Å². The average Bonchev–Trinajstić information content (AvgIpc) is 3.26. The second-order valence-corrected chi connectivity index (χ2v) is 8.23. The number of carbonyl (C=O) groups is 1. The fourth-order valence-corrected chi connectivity index (χ4v) is 4.77. The summed E-state index contributed by atoms with van der Waals surface area (Å²) in [5.41, 5.74) is 2.13. The summed E-state index contributed by atoms with van der Waals surface area (Å²) in [6, 6.07) is 9.95. The quantitative estimate of drug-likeness (QED) is 0.795. The summed E-state index contributed by atoms with van der Waals surface area (Å²) in [5, 5.41) is 13.3. The van der Waals surface area contributed by atoms with E-state index in [1.165, 1.54) is 38.5 Å². The maximum absolute atomic E-state index is 13.5. The number of aromatic nitrogens is 1. The minimum Gasteiger partial charge on any atom is -0.392 e. The van der Waals surface area contributed by atoms with Crippen molar-refractivity contribution in [1.29, 1.82) is 0 Å². The summed E-state index contributed by atoms with van der Waals surface area (Å²) in [4.78, 5) is 15.6. The number of benzene rings is 1. The minimum atomic E-state index is 0.0121. The molecule has 0 bridgehead atoms. The molecule has 0 saturated heterocycles. The summed E-state index contributed by atoms with van der Waals surface area (Å²) < 4.78 is 5.51. The lowest BCUT2D eigenvalue weighted by molar-refractivity contribution is 0.0438. The summed E-state index contributed by atoms with van der Waals surface area (Å²) in [5.74, 6) is 0.626. The van der Waals surface area contributed by atoms with Crippen molar-refractivity contribution in [1.82, 2.24) is 10.1 Å². The molecule has 0 aliphatic heterocycles. The number of aliphatic hydroxyl groups is 1. The Morgan fingerprint density at radius 1 is 0.964 bits per heavy atom. The zero-order valence-corrected chi connectivity index (χ0v) is 16.5. The molecule has 1 heterocycles. The first-order valence-electron chi connectivity index (χ1n) is 10.8. The van der Waals surface area contributed by atoms with Crippen LogP contribution in [-0.4, -0.2) is 33.2 Å². The van der Waals surface area contributed by atoms with Gasteiger partial charge in [-0.25, -0.2) is 0 Å². The summed E-state index contributed by atoms with van der Waals surface area (Å²) in [6.07, 6.45) is 11.8. The molecule has 5 heteroatoms. The van der Waals surface area contributed by atoms with Crippen molar-refractivity contribution < 1.29 is 14.4 Å². The van der Waals surface area contributed by atoms with Crippen LogP contribution < -0.4 is 0 Å². The molecule has 2 saturated carbocycles. The van der Waals surface area contributed by atoms with Crippen LogP contribution in [0.2, 0.25) is 0 Å². The van der Waals surface area contributed by atoms with Crippen molar-refractivity contribution in [3.8, 4) is 11.3 Å². The number of hydrogen-bond donors (Lipinski definition) is 1. The van der Waals surface area contributed by atoms with E-state index >= 15 is 0 Å². The van der Waals surface area contributed by atoms with Crippen molar-refractivity contribution in [2.75, 3.05) is 0 Å². The monoisotopic (exact) mass is 382 g/mol. The average molecular weight is 383 g/mol. The lowest BCUT2D eigenvalue weighted by Crippen LogP contribution is -2.48. The Hall–Kier alpha value is -2.14. The number of aliphatic hydroxyl groups excluding tert-OH is 1. The van der Waals surface area contributed by atoms with Crippen LogP contribution in [0, 0.1) is 0 Å². The van der Waals surface area contributed by atoms with E-state index in [1.807, 2.05) is 24.3 Å². The lowest BCUT2D eigenvalue weighted by Gasteiger charge is -2.41. The van der Waals surface area contributed by atoms with Gasteiger partial charge in [0.1, 0.15) is 0 Å². The Kier molecular flexibility index (Phi) is 6.10. The van der Waals surface area contributed by atoms with Gasteiger partial charge in [-0.05, 0) is 31.2 Å². The van der Waals surface area contributed by atoms with E-state index in [4.69, 9.17) is 4.52 Å². The van der Waals surface area contributed by atoms with E-state index in [-0.39, 0.29) is 12.5 Å². The van der Waals surface area contributed by atoms with E-state index in [9.17, 15) is 9.90 Å². The van der Waals surface area contributed by atoms with Crippen LogP contribution in [0.3, 0.4) is 0 Å². The molecule has 1 aromatic heterocycles. The van der Waals surface area contributed by atoms with Crippen LogP contribution in [0.15, 0.2) is 34.9 Å². The van der Waals surface area contributed by atoms with E-state index in [0.717, 1.165) is 36.8 Å². The van der Waals surface area contributed by atoms with Crippen LogP contribution in [0.1, 0.15) is 80.3 Å². The number of nitrogens with zero attached hydrogens (tertiary/aromatic N) is 2. The first-order chi connectivity index (χ1) is 13.8. The minimum absolute atomic E-state index is 0.0121. The fraction of sp³-hybridized carbons (Fsp3) is 0.565. The summed E-state index contributed by atoms with van der Waals surface area (Å²) in [7, 11) is 0. The second-order valence-electron chi connectivity index (χ2n) is 8.23. The smallest absolute Gasteiger partial charge is 0.276 e. The predicted molar refractivity (Wildman–Crippen MR) is 108 cm³/mol. The maximum atomic E-state index is 13.5. The van der Waals surface area contributed by atoms with Gasteiger partial charge >= 0.3 is 0 Å². The van der Waals surface area contributed by atoms with Gasteiger partial charge in [-0.15, -0.1) is 0 Å². The molecule has 0 atom stereocenters. The third kappa shape index (κ3) is 4.14. The fourth-order valence-electron chi connectivity index (χ4n) is 4.77. The highest BCUT2D eigenvalue weighted by molar-refractivity contribution is 5.93. The summed E-state index contributed by atoms with van der Waals surface area (Å²) in [6.45, 7) is 0.0121. The normalized spacial score (nSPS) is 18.9. The molecule has 5 nitrogen and oxygen atoms in total. The van der Waals surface area contributed by atoms with Gasteiger partial charge in [-0.1, -0.05) is 67.9 Å². The van der Waals surface area contributed by atoms with Gasteiger partial charge in [0.05, 0.1) is 6.61 Å². The van der Waals surface area contributed by atoms with Gasteiger partial charge in [0, 0.05) is 23.7 Å². The Morgan fingerprint density at radius 3 is 2.07 bits per heavy atom. The van der Waals surface area contributed by atoms with E-state index in [0.29, 0.717) is 23.5 Å². The van der Waals surface area contributed by atoms with Crippen LogP contribution >= 0.6 is 0 Å². The third-order valence-corrected chi connectivity index (χ3v) is 6.32. The molecule has 1 N–H and O–H groups in total. The Labute approximate surface area is 166 Å². The first kappa shape index (κ1) is 19.2. The molecule has 150 valence electrons. The Bertz CT molecular complexity index is 753. The zero-order chi connectivity index (χ0) is 19.3. The van der Waals surface area contributed by atoms with Gasteiger partial charge in [0.2, 0.25) is 0 Å². The SMILES string of the molecule is O=C(c1cc(-c2ccc(CO)cc2)on1)N(C1CCCCC1)C1CCCCC1. The van der Waals surface area contributed by atoms with Gasteiger partial charge in [-0.3, -0.25) is 4.79 Å². The maximum Gasteiger partial charge on any atom is 0.276 e. The molecule has 2 aromatic rings. The molecule has 1 amide bonds. The molecular formula is C23H30N2O3. The number of amides is 1. The van der Waals surface area contributed by atoms with Crippen molar-refractivity contribution in [2.45, 2.75) is 82.9 Å². The molecule has 1 aromatic carbocycles. The summed E-state index contributed by atoms with van der Waals surface area (Å²) >= 11 is 0. The lowest BCUT2D eigenvalue weighted by atomic mass is 9.88. The molecule has 0 spiro atoms. The van der Waals surface area contributed by atoms with E-state index in [2.05, 4.69) is 10.1 Å². The van der Waals surface area contributed by atoms with Crippen LogP contribution in [0.4, 0.5) is 0 Å². The first-order valence-corrected chi connectivity index (χ1v) is 10.8. The van der Waals surface area contributed by atoms with E-state index < -0.39 is 0 Å². The van der Waals surface area contributed by atoms with Crippen molar-refractivity contribution in [3.63, 3.8) is 0 Å².